The molecule has 0 aliphatic rings. The molecule has 0 amide bonds. The predicted octanol–water partition coefficient (Wildman–Crippen LogP) is 4.48. The van der Waals surface area contributed by atoms with Gasteiger partial charge < -0.3 is 33.9 Å². The number of hydrogen-bond acceptors (Lipinski definition) is 14. The first kappa shape index (κ1) is 47.2. The summed E-state index contributed by atoms with van der Waals surface area (Å²) < 4.78 is 45.2. The van der Waals surface area contributed by atoms with Crippen LogP contribution in [0.5, 0.6) is 17.2 Å². The van der Waals surface area contributed by atoms with E-state index in [0.717, 1.165) is 5.56 Å². The van der Waals surface area contributed by atoms with Gasteiger partial charge in [-0.15, -0.1) is 0 Å². The number of hydrogen-bond donors (Lipinski definition) is 4. The number of fused-ring (bicyclic) bond motifs is 1. The first-order valence-corrected chi connectivity index (χ1v) is 16.7. The minimum atomic E-state index is -3.67. The molecule has 0 aliphatic heterocycles. The van der Waals surface area contributed by atoms with Crippen molar-refractivity contribution in [3.63, 3.8) is 0 Å². The Balaban J connectivity index is 0. The Hall–Kier alpha value is -4.96. The van der Waals surface area contributed by atoms with Crippen molar-refractivity contribution in [2.75, 3.05) is 26.1 Å². The number of phenolic OH excluding ortho intramolecular Hbond substituents is 3. The van der Waals surface area contributed by atoms with Crippen molar-refractivity contribution >= 4 is 44.8 Å². The number of carbonyl (C=O) groups excluding carboxylic acids is 4. The lowest BCUT2D eigenvalue weighted by atomic mass is 10.0. The summed E-state index contributed by atoms with van der Waals surface area (Å²) in [5.41, 5.74) is 2.15. The predicted molar refractivity (Wildman–Crippen MR) is 185 cm³/mol. The third-order valence-electron chi connectivity index (χ3n) is 6.16. The fourth-order valence-corrected chi connectivity index (χ4v) is 3.71. The molecule has 16 heteroatoms. The number of phenols is 3. The van der Waals surface area contributed by atoms with Crippen molar-refractivity contribution in [1.82, 2.24) is 0 Å². The highest BCUT2D eigenvalue weighted by Gasteiger charge is 2.28. The van der Waals surface area contributed by atoms with Crippen molar-refractivity contribution in [2.24, 2.45) is 5.92 Å². The second kappa shape index (κ2) is 22.6. The van der Waals surface area contributed by atoms with Crippen LogP contribution in [0.3, 0.4) is 0 Å². The maximum Gasteiger partial charge on any atom is 0.340 e. The van der Waals surface area contributed by atoms with Crippen LogP contribution in [0.1, 0.15) is 63.8 Å². The summed E-state index contributed by atoms with van der Waals surface area (Å²) in [5.74, 6) is -2.82. The number of benzene rings is 2. The molecule has 280 valence electrons. The van der Waals surface area contributed by atoms with Gasteiger partial charge in [0.2, 0.25) is 0 Å². The summed E-state index contributed by atoms with van der Waals surface area (Å²) in [7, 11) is -3.67. The molecule has 0 fully saturated rings. The number of carbonyl (C=O) groups is 4. The minimum Gasteiger partial charge on any atom is -0.508 e. The second-order valence-electron chi connectivity index (χ2n) is 10.2. The average molecular weight is 729 g/mol. The molecule has 1 heterocycles. The zero-order valence-electron chi connectivity index (χ0n) is 28.7. The Bertz CT molecular complexity index is 1750. The van der Waals surface area contributed by atoms with Crippen LogP contribution < -0.4 is 5.63 Å². The van der Waals surface area contributed by atoms with Gasteiger partial charge in [-0.1, -0.05) is 13.5 Å². The van der Waals surface area contributed by atoms with Crippen LogP contribution in [0.25, 0.3) is 11.0 Å². The molecule has 1 aromatic heterocycles. The van der Waals surface area contributed by atoms with Gasteiger partial charge in [-0.25, -0.2) is 4.79 Å². The highest BCUT2D eigenvalue weighted by atomic mass is 32.2. The summed E-state index contributed by atoms with van der Waals surface area (Å²) in [6.07, 6.45) is 0.354. The standard InChI is InChI=1S/C15H16O5.C10H16O5.C7H8O2.CH4O3S.CH4/c1-4-19-14(17)6-11-9(3)10-5-8(2)12(16)7-13(10)20-15(11)18;1-4-14-9(12)6-8(7(3)11)10(13)15-5-2;1-5-2-3-6(8)4-7(5)9;1-5(2,3)4;/h5,7,16H,4,6H2,1-3H3;8H,4-6H2,1-3H3;2-4,8-9H,1H3;1H3,(H,2,3,4);1H4. The summed E-state index contributed by atoms with van der Waals surface area (Å²) in [4.78, 5) is 56.9. The smallest absolute Gasteiger partial charge is 0.340 e. The van der Waals surface area contributed by atoms with Gasteiger partial charge in [0.05, 0.1) is 44.5 Å². The molecule has 0 saturated carbocycles. The van der Waals surface area contributed by atoms with E-state index in [9.17, 15) is 37.5 Å². The van der Waals surface area contributed by atoms with Crippen molar-refractivity contribution in [1.29, 1.82) is 0 Å². The van der Waals surface area contributed by atoms with Crippen molar-refractivity contribution in [3.05, 3.63) is 63.0 Å². The Morgan fingerprint density at radius 3 is 1.78 bits per heavy atom. The average Bonchev–Trinajstić information content (AvgIpc) is 2.97. The van der Waals surface area contributed by atoms with E-state index in [0.29, 0.717) is 33.9 Å². The van der Waals surface area contributed by atoms with E-state index in [4.69, 9.17) is 23.9 Å². The molecule has 0 bridgehead atoms. The lowest BCUT2D eigenvalue weighted by molar-refractivity contribution is -0.157. The quantitative estimate of drug-likeness (QED) is 0.0781. The first-order chi connectivity index (χ1) is 22.7. The molecule has 0 saturated heterocycles. The number of aryl methyl sites for hydroxylation is 3. The molecule has 0 spiro atoms. The minimum absolute atomic E-state index is 0. The molecule has 1 atom stereocenters. The largest absolute Gasteiger partial charge is 0.508 e. The van der Waals surface area contributed by atoms with E-state index in [1.165, 1.54) is 25.1 Å². The number of Topliss-reactive ketones (excluding diaryl/α,β-unsaturated/α-hetero) is 1. The highest BCUT2D eigenvalue weighted by molar-refractivity contribution is 7.85. The molecule has 3 rings (SSSR count). The van der Waals surface area contributed by atoms with Gasteiger partial charge in [0.1, 0.15) is 34.5 Å². The molecular weight excluding hydrogens is 680 g/mol. The van der Waals surface area contributed by atoms with Gasteiger partial charge in [-0.05, 0) is 77.3 Å². The van der Waals surface area contributed by atoms with E-state index in [-0.39, 0.29) is 63.1 Å². The summed E-state index contributed by atoms with van der Waals surface area (Å²) in [5, 5.41) is 28.1. The zero-order chi connectivity index (χ0) is 38.1. The third kappa shape index (κ3) is 18.0. The molecular formula is C34H48O15S. The maximum atomic E-state index is 11.9. The molecule has 3 aromatic rings. The lowest BCUT2D eigenvalue weighted by Gasteiger charge is -2.11. The monoisotopic (exact) mass is 728 g/mol. The van der Waals surface area contributed by atoms with Crippen molar-refractivity contribution in [3.8, 4) is 17.2 Å². The molecule has 15 nitrogen and oxygen atoms in total. The number of ketones is 1. The fraction of sp³-hybridized carbons (Fsp3) is 0.441. The Labute approximate surface area is 291 Å². The van der Waals surface area contributed by atoms with Crippen LogP contribution in [0.15, 0.2) is 39.5 Å². The van der Waals surface area contributed by atoms with E-state index in [2.05, 4.69) is 9.47 Å². The van der Waals surface area contributed by atoms with Crippen LogP contribution in [-0.2, 0) is 49.9 Å². The van der Waals surface area contributed by atoms with Crippen molar-refractivity contribution in [2.45, 2.75) is 68.7 Å². The molecule has 4 N–H and O–H groups in total. The van der Waals surface area contributed by atoms with Gasteiger partial charge in [0, 0.05) is 17.5 Å². The van der Waals surface area contributed by atoms with E-state index < -0.39 is 39.6 Å². The Kier molecular flexibility index (Phi) is 21.3. The van der Waals surface area contributed by atoms with Crippen LogP contribution in [0.4, 0.5) is 0 Å². The van der Waals surface area contributed by atoms with Crippen LogP contribution in [0.2, 0.25) is 0 Å². The molecule has 0 radical (unpaired) electrons. The molecule has 1 unspecified atom stereocenters. The third-order valence-corrected chi connectivity index (χ3v) is 6.16. The number of aromatic hydroxyl groups is 3. The summed E-state index contributed by atoms with van der Waals surface area (Å²) >= 11 is 0. The maximum absolute atomic E-state index is 11.9. The number of rotatable bonds is 9. The fourth-order valence-electron chi connectivity index (χ4n) is 3.71. The summed E-state index contributed by atoms with van der Waals surface area (Å²) in [6.45, 7) is 12.2. The van der Waals surface area contributed by atoms with Gasteiger partial charge in [0.15, 0.2) is 0 Å². The Morgan fingerprint density at radius 1 is 0.820 bits per heavy atom. The normalized spacial score (nSPS) is 10.7. The van der Waals surface area contributed by atoms with Gasteiger partial charge in [-0.2, -0.15) is 8.42 Å². The SMILES string of the molecule is C.CCOC(=O)CC(C(C)=O)C(=O)OCC.CCOC(=O)Cc1c(C)c2cc(C)c(O)cc2oc1=O.CS(=O)(=O)O.Cc1ccc(O)cc1O. The topological polar surface area (TPSA) is 241 Å². The van der Waals surface area contributed by atoms with E-state index >= 15 is 0 Å². The Morgan fingerprint density at radius 2 is 1.32 bits per heavy atom. The molecule has 0 aliphatic carbocycles. The molecule has 50 heavy (non-hydrogen) atoms. The number of esters is 3. The highest BCUT2D eigenvalue weighted by Crippen LogP contribution is 2.27. The number of ether oxygens (including phenoxy) is 3. The summed E-state index contributed by atoms with van der Waals surface area (Å²) in [6, 6.07) is 7.65. The molecule has 2 aromatic carbocycles. The van der Waals surface area contributed by atoms with Gasteiger partial charge in [0.25, 0.3) is 10.1 Å². The van der Waals surface area contributed by atoms with Crippen LogP contribution >= 0.6 is 0 Å². The lowest BCUT2D eigenvalue weighted by Crippen LogP contribution is -2.27. The van der Waals surface area contributed by atoms with Gasteiger partial charge in [-0.3, -0.25) is 23.7 Å². The van der Waals surface area contributed by atoms with E-state index in [1.807, 2.05) is 0 Å². The van der Waals surface area contributed by atoms with Crippen molar-refractivity contribution < 1.29 is 66.1 Å². The zero-order valence-corrected chi connectivity index (χ0v) is 29.5. The second-order valence-corrected chi connectivity index (χ2v) is 11.7. The van der Waals surface area contributed by atoms with Crippen LogP contribution in [-0.4, -0.2) is 78.1 Å². The van der Waals surface area contributed by atoms with Crippen LogP contribution in [0, 0.1) is 26.7 Å². The van der Waals surface area contributed by atoms with E-state index in [1.54, 1.807) is 53.7 Å². The van der Waals surface area contributed by atoms with Gasteiger partial charge >= 0.3 is 23.5 Å². The first-order valence-electron chi connectivity index (χ1n) is 14.8.